The van der Waals surface area contributed by atoms with Crippen molar-refractivity contribution >= 4 is 6.41 Å². The molecule has 2 nitrogen and oxygen atoms in total. The van der Waals surface area contributed by atoms with E-state index in [0.29, 0.717) is 0 Å². The maximum atomic E-state index is 10.2. The molecule has 1 rings (SSSR count). The molecule has 0 aliphatic carbocycles. The minimum atomic E-state index is 0.964. The van der Waals surface area contributed by atoms with Crippen LogP contribution in [-0.2, 0) is 4.79 Å². The fourth-order valence-electron chi connectivity index (χ4n) is 1.20. The number of likely N-dealkylation sites (tertiary alicyclic amines) is 1. The van der Waals surface area contributed by atoms with Gasteiger partial charge in [0.1, 0.15) is 0 Å². The predicted octanol–water partition coefficient (Wildman–Crippen LogP) is 2.04. The van der Waals surface area contributed by atoms with Crippen molar-refractivity contribution in [2.24, 2.45) is 0 Å². The van der Waals surface area contributed by atoms with Gasteiger partial charge in [0.25, 0.3) is 0 Å². The van der Waals surface area contributed by atoms with Crippen LogP contribution >= 0.6 is 0 Å². The summed E-state index contributed by atoms with van der Waals surface area (Å²) in [5.74, 6) is 0. The van der Waals surface area contributed by atoms with Crippen molar-refractivity contribution in [2.45, 2.75) is 39.5 Å². The van der Waals surface area contributed by atoms with Crippen LogP contribution in [0, 0.1) is 0 Å². The number of hydrogen-bond acceptors (Lipinski definition) is 1. The molecule has 0 N–H and O–H groups in total. The summed E-state index contributed by atoms with van der Waals surface area (Å²) in [5.41, 5.74) is 0. The summed E-state index contributed by atoms with van der Waals surface area (Å²) in [6, 6.07) is 0. The topological polar surface area (TPSA) is 20.3 Å². The molecule has 1 saturated heterocycles. The van der Waals surface area contributed by atoms with Gasteiger partial charge in [0.05, 0.1) is 0 Å². The molecule has 0 aromatic carbocycles. The summed E-state index contributed by atoms with van der Waals surface area (Å²) in [4.78, 5) is 12.1. The molecule has 1 aliphatic heterocycles. The first-order chi connectivity index (χ1) is 5.43. The molecule has 0 radical (unpaired) electrons. The van der Waals surface area contributed by atoms with Crippen molar-refractivity contribution < 1.29 is 4.79 Å². The highest BCUT2D eigenvalue weighted by Gasteiger charge is 2.04. The van der Waals surface area contributed by atoms with Gasteiger partial charge in [0.15, 0.2) is 0 Å². The van der Waals surface area contributed by atoms with Gasteiger partial charge >= 0.3 is 0 Å². The van der Waals surface area contributed by atoms with E-state index >= 15 is 0 Å². The van der Waals surface area contributed by atoms with Gasteiger partial charge in [-0.05, 0) is 12.8 Å². The van der Waals surface area contributed by atoms with Crippen LogP contribution in [0.4, 0.5) is 0 Å². The van der Waals surface area contributed by atoms with Gasteiger partial charge in [-0.2, -0.15) is 0 Å². The Morgan fingerprint density at radius 1 is 1.00 bits per heavy atom. The van der Waals surface area contributed by atoms with Gasteiger partial charge in [-0.1, -0.05) is 26.7 Å². The quantitative estimate of drug-likeness (QED) is 0.533. The lowest BCUT2D eigenvalue weighted by atomic mass is 10.2. The lowest BCUT2D eigenvalue weighted by Gasteiger charge is -2.11. The lowest BCUT2D eigenvalue weighted by molar-refractivity contribution is -0.118. The second-order valence-electron chi connectivity index (χ2n) is 2.56. The van der Waals surface area contributed by atoms with E-state index in [4.69, 9.17) is 0 Å². The largest absolute Gasteiger partial charge is 0.345 e. The van der Waals surface area contributed by atoms with E-state index in [1.54, 1.807) is 0 Å². The molecule has 1 heterocycles. The Balaban J connectivity index is 0.000000461. The van der Waals surface area contributed by atoms with Gasteiger partial charge in [-0.25, -0.2) is 0 Å². The summed E-state index contributed by atoms with van der Waals surface area (Å²) in [6.07, 6.45) is 5.94. The summed E-state index contributed by atoms with van der Waals surface area (Å²) < 4.78 is 0. The van der Waals surface area contributed by atoms with Crippen molar-refractivity contribution in [1.82, 2.24) is 4.90 Å². The third-order valence-corrected chi connectivity index (χ3v) is 1.79. The van der Waals surface area contributed by atoms with Crippen molar-refractivity contribution in [3.05, 3.63) is 0 Å². The van der Waals surface area contributed by atoms with Gasteiger partial charge in [0, 0.05) is 13.1 Å². The van der Waals surface area contributed by atoms with E-state index in [0.717, 1.165) is 19.5 Å². The standard InChI is InChI=1S/C7H13NO.C2H6/c9-7-8-5-3-1-2-4-6-8;1-2/h7H,1-6H2;1-2H3. The Morgan fingerprint density at radius 2 is 1.45 bits per heavy atom. The smallest absolute Gasteiger partial charge is 0.209 e. The third kappa shape index (κ3) is 4.82. The summed E-state index contributed by atoms with van der Waals surface area (Å²) in [5, 5.41) is 0. The highest BCUT2D eigenvalue weighted by atomic mass is 16.1. The van der Waals surface area contributed by atoms with Crippen molar-refractivity contribution in [3.8, 4) is 0 Å². The van der Waals surface area contributed by atoms with E-state index < -0.39 is 0 Å². The van der Waals surface area contributed by atoms with Crippen LogP contribution in [0.5, 0.6) is 0 Å². The zero-order valence-corrected chi connectivity index (χ0v) is 7.68. The van der Waals surface area contributed by atoms with Crippen LogP contribution in [0.2, 0.25) is 0 Å². The molecular formula is C9H19NO. The lowest BCUT2D eigenvalue weighted by Crippen LogP contribution is -2.22. The molecule has 11 heavy (non-hydrogen) atoms. The molecule has 0 saturated carbocycles. The highest BCUT2D eigenvalue weighted by Crippen LogP contribution is 2.06. The highest BCUT2D eigenvalue weighted by molar-refractivity contribution is 5.46. The average molecular weight is 157 g/mol. The number of carbonyl (C=O) groups excluding carboxylic acids is 1. The molecule has 66 valence electrons. The summed E-state index contributed by atoms with van der Waals surface area (Å²) in [7, 11) is 0. The SMILES string of the molecule is CC.O=CN1CCCCCC1. The van der Waals surface area contributed by atoms with Crippen LogP contribution in [-0.4, -0.2) is 24.4 Å². The van der Waals surface area contributed by atoms with Gasteiger partial charge in [-0.3, -0.25) is 4.79 Å². The Kier molecular flexibility index (Phi) is 7.21. The Morgan fingerprint density at radius 3 is 1.82 bits per heavy atom. The minimum absolute atomic E-state index is 0.964. The monoisotopic (exact) mass is 157 g/mol. The zero-order valence-electron chi connectivity index (χ0n) is 7.68. The molecular weight excluding hydrogens is 138 g/mol. The maximum Gasteiger partial charge on any atom is 0.209 e. The van der Waals surface area contributed by atoms with Crippen LogP contribution in [0.25, 0.3) is 0 Å². The van der Waals surface area contributed by atoms with Gasteiger partial charge in [0.2, 0.25) is 6.41 Å². The number of hydrogen-bond donors (Lipinski definition) is 0. The van der Waals surface area contributed by atoms with E-state index in [1.165, 1.54) is 25.7 Å². The predicted molar refractivity (Wildman–Crippen MR) is 47.5 cm³/mol. The number of rotatable bonds is 1. The van der Waals surface area contributed by atoms with E-state index in [9.17, 15) is 4.79 Å². The van der Waals surface area contributed by atoms with Crippen LogP contribution in [0.1, 0.15) is 39.5 Å². The second-order valence-corrected chi connectivity index (χ2v) is 2.56. The number of nitrogens with zero attached hydrogens (tertiary/aromatic N) is 1. The van der Waals surface area contributed by atoms with Crippen molar-refractivity contribution in [2.75, 3.05) is 13.1 Å². The number of amides is 1. The maximum absolute atomic E-state index is 10.2. The summed E-state index contributed by atoms with van der Waals surface area (Å²) in [6.45, 7) is 5.95. The first-order valence-electron chi connectivity index (χ1n) is 4.63. The third-order valence-electron chi connectivity index (χ3n) is 1.79. The number of carbonyl (C=O) groups is 1. The molecule has 0 bridgehead atoms. The fraction of sp³-hybridized carbons (Fsp3) is 0.889. The normalized spacial score (nSPS) is 17.8. The molecule has 1 amide bonds. The molecule has 0 unspecified atom stereocenters. The molecule has 1 fully saturated rings. The van der Waals surface area contributed by atoms with Crippen molar-refractivity contribution in [3.63, 3.8) is 0 Å². The first-order valence-corrected chi connectivity index (χ1v) is 4.63. The fourth-order valence-corrected chi connectivity index (χ4v) is 1.20. The van der Waals surface area contributed by atoms with Crippen LogP contribution in [0.15, 0.2) is 0 Å². The summed E-state index contributed by atoms with van der Waals surface area (Å²) >= 11 is 0. The van der Waals surface area contributed by atoms with Crippen LogP contribution < -0.4 is 0 Å². The first kappa shape index (κ1) is 10.5. The molecule has 0 aromatic rings. The van der Waals surface area contributed by atoms with Gasteiger partial charge in [-0.15, -0.1) is 0 Å². The van der Waals surface area contributed by atoms with Gasteiger partial charge < -0.3 is 4.90 Å². The minimum Gasteiger partial charge on any atom is -0.345 e. The second kappa shape index (κ2) is 7.58. The Hall–Kier alpha value is -0.530. The molecule has 1 aliphatic rings. The molecule has 0 aromatic heterocycles. The van der Waals surface area contributed by atoms with Crippen molar-refractivity contribution in [1.29, 1.82) is 0 Å². The van der Waals surface area contributed by atoms with E-state index in [-0.39, 0.29) is 0 Å². The Labute approximate surface area is 69.6 Å². The molecule has 0 spiro atoms. The average Bonchev–Trinajstić information content (AvgIpc) is 2.35. The van der Waals surface area contributed by atoms with Crippen LogP contribution in [0.3, 0.4) is 0 Å². The Bertz CT molecular complexity index is 85.6. The van der Waals surface area contributed by atoms with E-state index in [1.807, 2.05) is 18.7 Å². The van der Waals surface area contributed by atoms with E-state index in [2.05, 4.69) is 0 Å². The molecule has 2 heteroatoms. The molecule has 0 atom stereocenters. The zero-order chi connectivity index (χ0) is 8.53.